The van der Waals surface area contributed by atoms with Crippen molar-refractivity contribution in [3.63, 3.8) is 0 Å². The van der Waals surface area contributed by atoms with Gasteiger partial charge in [-0.15, -0.1) is 11.8 Å². The summed E-state index contributed by atoms with van der Waals surface area (Å²) in [5.41, 5.74) is 3.26. The maximum absolute atomic E-state index is 12.8. The smallest absolute Gasteiger partial charge is 0.251 e. The van der Waals surface area contributed by atoms with Gasteiger partial charge >= 0.3 is 0 Å². The first-order chi connectivity index (χ1) is 14.7. The van der Waals surface area contributed by atoms with Gasteiger partial charge in [-0.2, -0.15) is 0 Å². The molecule has 0 saturated heterocycles. The number of carbonyl (C=O) groups excluding carboxylic acids is 2. The van der Waals surface area contributed by atoms with Gasteiger partial charge in [-0.05, 0) is 29.8 Å². The zero-order valence-electron chi connectivity index (χ0n) is 16.6. The van der Waals surface area contributed by atoms with E-state index in [1.807, 2.05) is 60.7 Å². The molecule has 3 aromatic rings. The van der Waals surface area contributed by atoms with Crippen molar-refractivity contribution in [3.05, 3.63) is 89.5 Å². The van der Waals surface area contributed by atoms with Crippen LogP contribution in [0.4, 0.5) is 5.69 Å². The van der Waals surface area contributed by atoms with Crippen molar-refractivity contribution in [3.8, 4) is 5.75 Å². The summed E-state index contributed by atoms with van der Waals surface area (Å²) in [6, 6.07) is 23.0. The van der Waals surface area contributed by atoms with E-state index in [1.165, 1.54) is 11.8 Å². The third-order valence-electron chi connectivity index (χ3n) is 4.98. The van der Waals surface area contributed by atoms with Crippen molar-refractivity contribution >= 4 is 29.3 Å². The molecule has 1 aliphatic heterocycles. The lowest BCUT2D eigenvalue weighted by atomic mass is 10.1. The number of nitrogens with zero attached hydrogens (tertiary/aromatic N) is 1. The molecule has 30 heavy (non-hydrogen) atoms. The first kappa shape index (κ1) is 20.0. The molecule has 5 nitrogen and oxygen atoms in total. The molecule has 6 heteroatoms. The molecule has 0 spiro atoms. The number of hydrogen-bond donors (Lipinski definition) is 1. The maximum atomic E-state index is 12.8. The molecule has 1 heterocycles. The van der Waals surface area contributed by atoms with E-state index in [4.69, 9.17) is 4.74 Å². The SMILES string of the molecule is COc1ccccc1CNC(=O)c1ccc2c(c1)N(Cc1ccccc1)C(=O)CS2. The van der Waals surface area contributed by atoms with Crippen molar-refractivity contribution in [1.82, 2.24) is 5.32 Å². The summed E-state index contributed by atoms with van der Waals surface area (Å²) in [6.45, 7) is 0.848. The molecule has 3 aromatic carbocycles. The monoisotopic (exact) mass is 418 g/mol. The molecule has 0 unspecified atom stereocenters. The third-order valence-corrected chi connectivity index (χ3v) is 6.03. The van der Waals surface area contributed by atoms with Crippen LogP contribution in [-0.4, -0.2) is 24.7 Å². The summed E-state index contributed by atoms with van der Waals surface area (Å²) < 4.78 is 5.34. The van der Waals surface area contributed by atoms with E-state index in [1.54, 1.807) is 24.1 Å². The highest BCUT2D eigenvalue weighted by molar-refractivity contribution is 8.00. The van der Waals surface area contributed by atoms with Crippen LogP contribution in [0.5, 0.6) is 5.75 Å². The van der Waals surface area contributed by atoms with Crippen molar-refractivity contribution in [2.24, 2.45) is 0 Å². The van der Waals surface area contributed by atoms with E-state index in [-0.39, 0.29) is 11.8 Å². The van der Waals surface area contributed by atoms with Gasteiger partial charge in [0, 0.05) is 22.6 Å². The number of rotatable bonds is 6. The zero-order valence-corrected chi connectivity index (χ0v) is 17.4. The number of fused-ring (bicyclic) bond motifs is 1. The van der Waals surface area contributed by atoms with Crippen LogP contribution in [0.2, 0.25) is 0 Å². The van der Waals surface area contributed by atoms with E-state index in [0.717, 1.165) is 27.5 Å². The number of amides is 2. The number of anilines is 1. The minimum absolute atomic E-state index is 0.0444. The van der Waals surface area contributed by atoms with Crippen LogP contribution >= 0.6 is 11.8 Å². The van der Waals surface area contributed by atoms with E-state index in [2.05, 4.69) is 5.32 Å². The molecule has 1 aliphatic rings. The fourth-order valence-electron chi connectivity index (χ4n) is 3.41. The topological polar surface area (TPSA) is 58.6 Å². The molecule has 0 radical (unpaired) electrons. The Kier molecular flexibility index (Phi) is 6.05. The van der Waals surface area contributed by atoms with Crippen molar-refractivity contribution in [1.29, 1.82) is 0 Å². The first-order valence-corrected chi connectivity index (χ1v) is 10.7. The Morgan fingerprint density at radius 1 is 1.07 bits per heavy atom. The van der Waals surface area contributed by atoms with E-state index < -0.39 is 0 Å². The number of thioether (sulfide) groups is 1. The highest BCUT2D eigenvalue weighted by atomic mass is 32.2. The van der Waals surface area contributed by atoms with Gasteiger partial charge in [0.2, 0.25) is 5.91 Å². The van der Waals surface area contributed by atoms with Crippen LogP contribution < -0.4 is 15.0 Å². The van der Waals surface area contributed by atoms with Gasteiger partial charge in [0.1, 0.15) is 5.75 Å². The molecule has 0 fully saturated rings. The van der Waals surface area contributed by atoms with E-state index in [9.17, 15) is 9.59 Å². The molecule has 4 rings (SSSR count). The van der Waals surface area contributed by atoms with Gasteiger partial charge in [-0.1, -0.05) is 48.5 Å². The van der Waals surface area contributed by atoms with Crippen molar-refractivity contribution in [2.75, 3.05) is 17.8 Å². The first-order valence-electron chi connectivity index (χ1n) is 9.67. The molecular weight excluding hydrogens is 396 g/mol. The van der Waals surface area contributed by atoms with E-state index >= 15 is 0 Å². The van der Waals surface area contributed by atoms with Crippen LogP contribution in [0.1, 0.15) is 21.5 Å². The molecule has 2 amide bonds. The number of benzene rings is 3. The summed E-state index contributed by atoms with van der Waals surface area (Å²) in [7, 11) is 1.61. The molecule has 0 saturated carbocycles. The predicted molar refractivity (Wildman–Crippen MR) is 119 cm³/mol. The lowest BCUT2D eigenvalue weighted by molar-refractivity contribution is -0.116. The fraction of sp³-hybridized carbons (Fsp3) is 0.167. The standard InChI is InChI=1S/C24H22N2O3S/c1-29-21-10-6-5-9-19(21)14-25-24(28)18-11-12-22-20(13-18)26(23(27)16-30-22)15-17-7-3-2-4-8-17/h2-13H,14-16H2,1H3,(H,25,28). The van der Waals surface area contributed by atoms with Crippen molar-refractivity contribution in [2.45, 2.75) is 18.0 Å². The van der Waals surface area contributed by atoms with E-state index in [0.29, 0.717) is 24.4 Å². The molecule has 0 aliphatic carbocycles. The largest absolute Gasteiger partial charge is 0.496 e. The molecule has 152 valence electrons. The molecule has 1 N–H and O–H groups in total. The van der Waals surface area contributed by atoms with Gasteiger partial charge in [0.05, 0.1) is 25.1 Å². The Morgan fingerprint density at radius 2 is 1.83 bits per heavy atom. The fourth-order valence-corrected chi connectivity index (χ4v) is 4.33. The van der Waals surface area contributed by atoms with Crippen LogP contribution in [-0.2, 0) is 17.9 Å². The Bertz CT molecular complexity index is 1070. The minimum atomic E-state index is -0.189. The third kappa shape index (κ3) is 4.33. The summed E-state index contributed by atoms with van der Waals surface area (Å²) in [5, 5.41) is 2.94. The second-order valence-electron chi connectivity index (χ2n) is 6.93. The Labute approximate surface area is 180 Å². The minimum Gasteiger partial charge on any atom is -0.496 e. The average molecular weight is 419 g/mol. The number of ether oxygens (including phenoxy) is 1. The number of para-hydroxylation sites is 1. The van der Waals surface area contributed by atoms with Gasteiger partial charge in [-0.25, -0.2) is 0 Å². The predicted octanol–water partition coefficient (Wildman–Crippen LogP) is 4.26. The summed E-state index contributed by atoms with van der Waals surface area (Å²) in [5.74, 6) is 0.993. The molecule has 0 aromatic heterocycles. The average Bonchev–Trinajstić information content (AvgIpc) is 2.80. The highest BCUT2D eigenvalue weighted by Gasteiger charge is 2.26. The highest BCUT2D eigenvalue weighted by Crippen LogP contribution is 2.37. The summed E-state index contributed by atoms with van der Waals surface area (Å²) in [4.78, 5) is 28.2. The Morgan fingerprint density at radius 3 is 2.63 bits per heavy atom. The van der Waals surface area contributed by atoms with Gasteiger partial charge in [0.25, 0.3) is 5.91 Å². The number of hydrogen-bond acceptors (Lipinski definition) is 4. The second-order valence-corrected chi connectivity index (χ2v) is 7.95. The van der Waals surface area contributed by atoms with Gasteiger partial charge < -0.3 is 15.0 Å². The normalized spacial score (nSPS) is 13.0. The van der Waals surface area contributed by atoms with Crippen LogP contribution in [0, 0.1) is 0 Å². The summed E-state index contributed by atoms with van der Waals surface area (Å²) >= 11 is 1.51. The number of methoxy groups -OCH3 is 1. The molecule has 0 atom stereocenters. The molecular formula is C24H22N2O3S. The van der Waals surface area contributed by atoms with Gasteiger partial charge in [0.15, 0.2) is 0 Å². The molecule has 0 bridgehead atoms. The number of carbonyl (C=O) groups is 2. The quantitative estimate of drug-likeness (QED) is 0.650. The Hall–Kier alpha value is -3.25. The lowest BCUT2D eigenvalue weighted by Gasteiger charge is -2.29. The van der Waals surface area contributed by atoms with Crippen molar-refractivity contribution < 1.29 is 14.3 Å². The summed E-state index contributed by atoms with van der Waals surface area (Å²) in [6.07, 6.45) is 0. The maximum Gasteiger partial charge on any atom is 0.251 e. The van der Waals surface area contributed by atoms with Crippen LogP contribution in [0.3, 0.4) is 0 Å². The second kappa shape index (κ2) is 9.05. The lowest BCUT2D eigenvalue weighted by Crippen LogP contribution is -2.35. The Balaban J connectivity index is 1.54. The van der Waals surface area contributed by atoms with Crippen LogP contribution in [0.25, 0.3) is 0 Å². The van der Waals surface area contributed by atoms with Gasteiger partial charge in [-0.3, -0.25) is 9.59 Å². The zero-order chi connectivity index (χ0) is 20.9. The number of nitrogens with one attached hydrogen (secondary N) is 1. The van der Waals surface area contributed by atoms with Crippen LogP contribution in [0.15, 0.2) is 77.7 Å².